The summed E-state index contributed by atoms with van der Waals surface area (Å²) in [6.45, 7) is 10.1. The molecule has 0 aliphatic carbocycles. The van der Waals surface area contributed by atoms with Crippen molar-refractivity contribution in [2.45, 2.75) is 58.3 Å². The predicted octanol–water partition coefficient (Wildman–Crippen LogP) is 4.41. The van der Waals surface area contributed by atoms with E-state index in [1.54, 1.807) is 0 Å². The van der Waals surface area contributed by atoms with E-state index >= 15 is 0 Å². The molecule has 0 heterocycles. The van der Waals surface area contributed by atoms with E-state index in [4.69, 9.17) is 0 Å². The first-order valence-corrected chi connectivity index (χ1v) is 5.43. The van der Waals surface area contributed by atoms with Gasteiger partial charge in [-0.05, 0) is 5.92 Å². The molecule has 0 nitrogen and oxygen atoms in total. The summed E-state index contributed by atoms with van der Waals surface area (Å²) in [7, 11) is 0. The van der Waals surface area contributed by atoms with Crippen LogP contribution in [0.3, 0.4) is 0 Å². The van der Waals surface area contributed by atoms with Crippen LogP contribution in [-0.4, -0.2) is 0 Å². The van der Waals surface area contributed by atoms with E-state index in [0.717, 1.165) is 6.42 Å². The van der Waals surface area contributed by atoms with Crippen molar-refractivity contribution in [2.24, 2.45) is 5.92 Å². The molecule has 12 heavy (non-hydrogen) atoms. The van der Waals surface area contributed by atoms with Crippen molar-refractivity contribution in [2.75, 3.05) is 0 Å². The molecule has 0 spiro atoms. The lowest BCUT2D eigenvalue weighted by atomic mass is 10.00. The van der Waals surface area contributed by atoms with Gasteiger partial charge in [-0.15, -0.1) is 0 Å². The van der Waals surface area contributed by atoms with Gasteiger partial charge in [-0.2, -0.15) is 0 Å². The molecule has 1 atom stereocenters. The van der Waals surface area contributed by atoms with Gasteiger partial charge in [0.05, 0.1) is 0 Å². The molecule has 0 rings (SSSR count). The maximum Gasteiger partial charge on any atom is -0.0417 e. The van der Waals surface area contributed by atoms with E-state index in [1.165, 1.54) is 44.9 Å². The Morgan fingerprint density at radius 1 is 1.00 bits per heavy atom. The molecule has 0 aromatic carbocycles. The van der Waals surface area contributed by atoms with Gasteiger partial charge in [0.2, 0.25) is 0 Å². The smallest absolute Gasteiger partial charge is 0.0417 e. The Balaban J connectivity index is 2.90. The van der Waals surface area contributed by atoms with E-state index < -0.39 is 0 Å². The highest BCUT2D eigenvalue weighted by Gasteiger charge is 1.97. The quantitative estimate of drug-likeness (QED) is 0.471. The second-order valence-corrected chi connectivity index (χ2v) is 3.68. The van der Waals surface area contributed by atoms with E-state index in [9.17, 15) is 0 Å². The Hall–Kier alpha value is 0. The normalized spacial score (nSPS) is 13.2. The largest absolute Gasteiger partial charge is 0.0651 e. The monoisotopic (exact) mass is 168 g/mol. The number of hydrogen-bond donors (Lipinski definition) is 0. The lowest BCUT2D eigenvalue weighted by Crippen LogP contribution is -1.91. The van der Waals surface area contributed by atoms with Gasteiger partial charge >= 0.3 is 0 Å². The molecular weight excluding hydrogens is 144 g/mol. The molecule has 0 aromatic heterocycles. The first-order chi connectivity index (χ1) is 5.81. The van der Waals surface area contributed by atoms with Crippen LogP contribution < -0.4 is 0 Å². The summed E-state index contributed by atoms with van der Waals surface area (Å²) in [5.41, 5.74) is 0. The van der Waals surface area contributed by atoms with Gasteiger partial charge in [0.15, 0.2) is 0 Å². The zero-order valence-corrected chi connectivity index (χ0v) is 8.65. The minimum Gasteiger partial charge on any atom is -0.0651 e. The van der Waals surface area contributed by atoms with Crippen molar-refractivity contribution in [3.8, 4) is 0 Å². The Bertz CT molecular complexity index is 76.1. The fourth-order valence-electron chi connectivity index (χ4n) is 1.34. The van der Waals surface area contributed by atoms with Crippen LogP contribution in [0.2, 0.25) is 0 Å². The first-order valence-electron chi connectivity index (χ1n) is 5.43. The molecule has 0 aliphatic heterocycles. The summed E-state index contributed by atoms with van der Waals surface area (Å²) in [6.07, 6.45) is 10.5. The van der Waals surface area contributed by atoms with E-state index in [0.29, 0.717) is 5.92 Å². The summed E-state index contributed by atoms with van der Waals surface area (Å²) >= 11 is 0. The van der Waals surface area contributed by atoms with Crippen LogP contribution in [0.25, 0.3) is 0 Å². The summed E-state index contributed by atoms with van der Waals surface area (Å²) in [6, 6.07) is 0. The van der Waals surface area contributed by atoms with Crippen molar-refractivity contribution in [3.63, 3.8) is 0 Å². The Morgan fingerprint density at radius 3 is 2.17 bits per heavy atom. The maximum atomic E-state index is 4.08. The molecule has 0 saturated heterocycles. The number of rotatable bonds is 8. The number of hydrogen-bond acceptors (Lipinski definition) is 0. The summed E-state index contributed by atoms with van der Waals surface area (Å²) in [5.74, 6) is 0.692. The molecular formula is C12H24. The highest BCUT2D eigenvalue weighted by atomic mass is 14.0. The molecule has 0 fully saturated rings. The van der Waals surface area contributed by atoms with Crippen molar-refractivity contribution in [1.82, 2.24) is 0 Å². The highest BCUT2D eigenvalue weighted by Crippen LogP contribution is 2.13. The van der Waals surface area contributed by atoms with Gasteiger partial charge < -0.3 is 0 Å². The molecule has 2 radical (unpaired) electrons. The summed E-state index contributed by atoms with van der Waals surface area (Å²) in [5, 5.41) is 0. The van der Waals surface area contributed by atoms with Gasteiger partial charge in [0, 0.05) is 0 Å². The fraction of sp³-hybridized carbons (Fsp3) is 0.833. The first kappa shape index (κ1) is 12.0. The zero-order chi connectivity index (χ0) is 9.23. The van der Waals surface area contributed by atoms with Gasteiger partial charge in [0.25, 0.3) is 0 Å². The molecule has 1 unspecified atom stereocenters. The van der Waals surface area contributed by atoms with Crippen LogP contribution in [0.15, 0.2) is 0 Å². The van der Waals surface area contributed by atoms with E-state index in [1.807, 2.05) is 0 Å². The summed E-state index contributed by atoms with van der Waals surface area (Å²) in [4.78, 5) is 0. The lowest BCUT2D eigenvalue weighted by Gasteiger charge is -2.06. The minimum atomic E-state index is 0.692. The van der Waals surface area contributed by atoms with Crippen molar-refractivity contribution < 1.29 is 0 Å². The third-order valence-corrected chi connectivity index (χ3v) is 2.44. The van der Waals surface area contributed by atoms with Crippen LogP contribution >= 0.6 is 0 Å². The molecule has 0 aromatic rings. The van der Waals surface area contributed by atoms with E-state index in [-0.39, 0.29) is 0 Å². The standard InChI is InChI=1S/C12H24/c1-4-6-7-8-9-10-11-12(3)5-2/h12H,1,3-11H2,2H3. The average molecular weight is 168 g/mol. The second kappa shape index (κ2) is 9.09. The molecule has 0 aliphatic rings. The van der Waals surface area contributed by atoms with Crippen LogP contribution in [-0.2, 0) is 0 Å². The topological polar surface area (TPSA) is 0 Å². The third-order valence-electron chi connectivity index (χ3n) is 2.44. The SMILES string of the molecule is [CH2]CCCCCCCC([CH2])CC. The highest BCUT2D eigenvalue weighted by molar-refractivity contribution is 4.58. The average Bonchev–Trinajstić information content (AvgIpc) is 2.10. The molecule has 72 valence electrons. The minimum absolute atomic E-state index is 0.692. The zero-order valence-electron chi connectivity index (χ0n) is 8.65. The second-order valence-electron chi connectivity index (χ2n) is 3.68. The molecule has 0 bridgehead atoms. The maximum absolute atomic E-state index is 4.08. The van der Waals surface area contributed by atoms with E-state index in [2.05, 4.69) is 20.8 Å². The molecule has 0 saturated carbocycles. The molecule has 0 heteroatoms. The van der Waals surface area contributed by atoms with Gasteiger partial charge in [-0.3, -0.25) is 0 Å². The van der Waals surface area contributed by atoms with Crippen molar-refractivity contribution in [3.05, 3.63) is 13.8 Å². The molecule has 0 N–H and O–H groups in total. The third kappa shape index (κ3) is 8.10. The summed E-state index contributed by atoms with van der Waals surface area (Å²) < 4.78 is 0. The predicted molar refractivity (Wildman–Crippen MR) is 56.8 cm³/mol. The Labute approximate surface area is 78.8 Å². The van der Waals surface area contributed by atoms with Gasteiger partial charge in [-0.25, -0.2) is 0 Å². The molecule has 0 amide bonds. The Morgan fingerprint density at radius 2 is 1.58 bits per heavy atom. The van der Waals surface area contributed by atoms with Gasteiger partial charge in [-0.1, -0.05) is 72.1 Å². The van der Waals surface area contributed by atoms with Crippen LogP contribution in [0, 0.1) is 19.8 Å². The van der Waals surface area contributed by atoms with Crippen LogP contribution in [0.4, 0.5) is 0 Å². The Kier molecular flexibility index (Phi) is 9.09. The van der Waals surface area contributed by atoms with Crippen molar-refractivity contribution >= 4 is 0 Å². The van der Waals surface area contributed by atoms with Gasteiger partial charge in [0.1, 0.15) is 0 Å². The lowest BCUT2D eigenvalue weighted by molar-refractivity contribution is 0.508. The van der Waals surface area contributed by atoms with Crippen molar-refractivity contribution in [1.29, 1.82) is 0 Å². The van der Waals surface area contributed by atoms with Crippen LogP contribution in [0.1, 0.15) is 58.3 Å². The number of unbranched alkanes of at least 4 members (excludes halogenated alkanes) is 5. The fourth-order valence-corrected chi connectivity index (χ4v) is 1.34. The van der Waals surface area contributed by atoms with Crippen LogP contribution in [0.5, 0.6) is 0 Å².